The van der Waals surface area contributed by atoms with E-state index in [1.165, 1.54) is 122 Å². The van der Waals surface area contributed by atoms with Gasteiger partial charge in [-0.1, -0.05) is 129 Å². The maximum absolute atomic E-state index is 5.52. The van der Waals surface area contributed by atoms with E-state index in [0.717, 1.165) is 30.6 Å². The van der Waals surface area contributed by atoms with Crippen molar-refractivity contribution >= 4 is 24.6 Å². The maximum atomic E-state index is 5.52. The van der Waals surface area contributed by atoms with E-state index in [0.29, 0.717) is 10.3 Å². The van der Waals surface area contributed by atoms with Gasteiger partial charge in [0.15, 0.2) is 5.16 Å². The lowest BCUT2D eigenvalue weighted by atomic mass is 10.0. The molecule has 0 bridgehead atoms. The fourth-order valence-electron chi connectivity index (χ4n) is 4.09. The van der Waals surface area contributed by atoms with Gasteiger partial charge in [-0.3, -0.25) is 5.14 Å². The Hall–Kier alpha value is -0.330. The van der Waals surface area contributed by atoms with E-state index >= 15 is 0 Å². The molecule has 0 aliphatic rings. The fourth-order valence-corrected chi connectivity index (χ4v) is 4.66. The molecule has 0 saturated carbocycles. The lowest BCUT2D eigenvalue weighted by Crippen LogP contribution is -2.01. The molecule has 6 heteroatoms. The molecule has 0 fully saturated rings. The Labute approximate surface area is 202 Å². The van der Waals surface area contributed by atoms with Crippen LogP contribution < -0.4 is 5.14 Å². The second-order valence-electron chi connectivity index (χ2n) is 8.92. The van der Waals surface area contributed by atoms with Crippen LogP contribution in [0.25, 0.3) is 0 Å². The zero-order valence-corrected chi connectivity index (χ0v) is 21.8. The van der Waals surface area contributed by atoms with E-state index in [9.17, 15) is 0 Å². The number of nitrogens with two attached hydrogens (primary N) is 1. The predicted octanol–water partition coefficient (Wildman–Crippen LogP) is 8.49. The standard InChI is InChI=1S/C25H48N4S2/c1-2-3-4-5-6-7-8-9-10-11-12-13-14-15-16-17-18-19-20-21-22-23-27-24(30)29-25(28-23)31-26/h2-22,26H2,1H3,(H,27,28,29,30). The van der Waals surface area contributed by atoms with E-state index in [2.05, 4.69) is 34.5 Å². The SMILES string of the molecule is CCCCCCCCCCCCCCCCCCCCCCc1nc(S)nc(SN)n1. The van der Waals surface area contributed by atoms with Gasteiger partial charge in [0.1, 0.15) is 5.82 Å². The summed E-state index contributed by atoms with van der Waals surface area (Å²) < 4.78 is 0. The first-order chi connectivity index (χ1) is 15.3. The third-order valence-electron chi connectivity index (χ3n) is 6.01. The van der Waals surface area contributed by atoms with Gasteiger partial charge < -0.3 is 0 Å². The van der Waals surface area contributed by atoms with Crippen LogP contribution in [0.15, 0.2) is 10.3 Å². The van der Waals surface area contributed by atoms with Gasteiger partial charge in [0.2, 0.25) is 5.16 Å². The second-order valence-corrected chi connectivity index (χ2v) is 9.92. The molecule has 0 saturated heterocycles. The second kappa shape index (κ2) is 21.5. The lowest BCUT2D eigenvalue weighted by Gasteiger charge is -2.04. The lowest BCUT2D eigenvalue weighted by molar-refractivity contribution is 0.521. The number of hydrogen-bond donors (Lipinski definition) is 2. The largest absolute Gasteiger partial charge is 0.271 e. The van der Waals surface area contributed by atoms with Gasteiger partial charge in [-0.2, -0.15) is 4.98 Å². The van der Waals surface area contributed by atoms with Crippen molar-refractivity contribution in [3.63, 3.8) is 0 Å². The monoisotopic (exact) mass is 468 g/mol. The van der Waals surface area contributed by atoms with Crippen molar-refractivity contribution in [1.82, 2.24) is 15.0 Å². The van der Waals surface area contributed by atoms with Gasteiger partial charge in [0.05, 0.1) is 0 Å². The van der Waals surface area contributed by atoms with E-state index in [1.54, 1.807) is 0 Å². The first-order valence-corrected chi connectivity index (χ1v) is 14.4. The highest BCUT2D eigenvalue weighted by Gasteiger charge is 2.04. The molecule has 0 spiro atoms. The van der Waals surface area contributed by atoms with Crippen molar-refractivity contribution in [2.24, 2.45) is 5.14 Å². The topological polar surface area (TPSA) is 64.7 Å². The quantitative estimate of drug-likeness (QED) is 0.101. The molecule has 1 heterocycles. The van der Waals surface area contributed by atoms with Crippen LogP contribution in [-0.4, -0.2) is 15.0 Å². The molecule has 0 aliphatic carbocycles. The summed E-state index contributed by atoms with van der Waals surface area (Å²) in [6.07, 6.45) is 29.0. The fraction of sp³-hybridized carbons (Fsp3) is 0.880. The first kappa shape index (κ1) is 28.7. The summed E-state index contributed by atoms with van der Waals surface area (Å²) in [5.41, 5.74) is 0. The summed E-state index contributed by atoms with van der Waals surface area (Å²) in [5, 5.41) is 6.55. The summed E-state index contributed by atoms with van der Waals surface area (Å²) in [7, 11) is 0. The number of thiol groups is 1. The van der Waals surface area contributed by atoms with E-state index in [-0.39, 0.29) is 0 Å². The van der Waals surface area contributed by atoms with Crippen LogP contribution in [0.2, 0.25) is 0 Å². The number of aromatic nitrogens is 3. The Kier molecular flexibility index (Phi) is 19.9. The van der Waals surface area contributed by atoms with Crippen LogP contribution in [0, 0.1) is 0 Å². The minimum Gasteiger partial charge on any atom is -0.271 e. The molecule has 0 atom stereocenters. The van der Waals surface area contributed by atoms with Crippen LogP contribution >= 0.6 is 24.6 Å². The molecule has 2 N–H and O–H groups in total. The number of nitrogens with zero attached hydrogens (tertiary/aromatic N) is 3. The van der Waals surface area contributed by atoms with Crippen LogP contribution in [0.5, 0.6) is 0 Å². The van der Waals surface area contributed by atoms with E-state index < -0.39 is 0 Å². The van der Waals surface area contributed by atoms with Gasteiger partial charge >= 0.3 is 0 Å². The molecule has 1 aromatic heterocycles. The molecule has 0 unspecified atom stereocenters. The molecule has 4 nitrogen and oxygen atoms in total. The Balaban J connectivity index is 1.77. The third kappa shape index (κ3) is 17.9. The van der Waals surface area contributed by atoms with Crippen molar-refractivity contribution in [1.29, 1.82) is 0 Å². The summed E-state index contributed by atoms with van der Waals surface area (Å²) in [4.78, 5) is 12.7. The van der Waals surface area contributed by atoms with Gasteiger partial charge in [0.25, 0.3) is 0 Å². The Morgan fingerprint density at radius 1 is 0.581 bits per heavy atom. The minimum absolute atomic E-state index is 0.464. The average molecular weight is 469 g/mol. The highest BCUT2D eigenvalue weighted by Crippen LogP contribution is 2.15. The summed E-state index contributed by atoms with van der Waals surface area (Å²) in [6, 6.07) is 0. The minimum atomic E-state index is 0.464. The molecule has 1 aromatic rings. The molecule has 31 heavy (non-hydrogen) atoms. The number of unbranched alkanes of at least 4 members (excludes halogenated alkanes) is 19. The van der Waals surface area contributed by atoms with Crippen molar-refractivity contribution in [2.45, 2.75) is 152 Å². The van der Waals surface area contributed by atoms with Crippen LogP contribution in [0.4, 0.5) is 0 Å². The highest BCUT2D eigenvalue weighted by atomic mass is 32.2. The summed E-state index contributed by atoms with van der Waals surface area (Å²) in [5.74, 6) is 0.815. The average Bonchev–Trinajstić information content (AvgIpc) is 2.77. The first-order valence-electron chi connectivity index (χ1n) is 13.1. The van der Waals surface area contributed by atoms with Gasteiger partial charge in [0, 0.05) is 6.42 Å². The zero-order valence-electron chi connectivity index (χ0n) is 20.1. The molecule has 0 aliphatic heterocycles. The number of aryl methyl sites for hydroxylation is 1. The van der Waals surface area contributed by atoms with E-state index in [4.69, 9.17) is 5.14 Å². The van der Waals surface area contributed by atoms with E-state index in [1.807, 2.05) is 0 Å². The normalized spacial score (nSPS) is 11.3. The molecule has 0 radical (unpaired) electrons. The molecule has 0 amide bonds. The molecular weight excluding hydrogens is 420 g/mol. The van der Waals surface area contributed by atoms with Gasteiger partial charge in [-0.15, -0.1) is 12.6 Å². The van der Waals surface area contributed by atoms with Crippen LogP contribution in [-0.2, 0) is 6.42 Å². The number of hydrogen-bond acceptors (Lipinski definition) is 6. The van der Waals surface area contributed by atoms with Gasteiger partial charge in [-0.05, 0) is 18.4 Å². The van der Waals surface area contributed by atoms with Gasteiger partial charge in [-0.25, -0.2) is 9.97 Å². The summed E-state index contributed by atoms with van der Waals surface area (Å²) in [6.45, 7) is 2.29. The molecule has 1 rings (SSSR count). The van der Waals surface area contributed by atoms with Crippen molar-refractivity contribution in [3.05, 3.63) is 5.82 Å². The predicted molar refractivity (Wildman–Crippen MR) is 139 cm³/mol. The van der Waals surface area contributed by atoms with Crippen LogP contribution in [0.3, 0.4) is 0 Å². The molecular formula is C25H48N4S2. The van der Waals surface area contributed by atoms with Crippen LogP contribution in [0.1, 0.15) is 141 Å². The maximum Gasteiger partial charge on any atom is 0.206 e. The van der Waals surface area contributed by atoms with Crippen molar-refractivity contribution in [2.75, 3.05) is 0 Å². The Bertz CT molecular complexity index is 528. The smallest absolute Gasteiger partial charge is 0.206 e. The molecule has 0 aromatic carbocycles. The third-order valence-corrected chi connectivity index (χ3v) is 6.60. The highest BCUT2D eigenvalue weighted by molar-refractivity contribution is 7.96. The zero-order chi connectivity index (χ0) is 22.4. The Morgan fingerprint density at radius 2 is 0.968 bits per heavy atom. The number of rotatable bonds is 22. The Morgan fingerprint density at radius 3 is 1.35 bits per heavy atom. The summed E-state index contributed by atoms with van der Waals surface area (Å²) >= 11 is 5.27. The van der Waals surface area contributed by atoms with Crippen molar-refractivity contribution in [3.8, 4) is 0 Å². The van der Waals surface area contributed by atoms with Crippen molar-refractivity contribution < 1.29 is 0 Å². The molecule has 180 valence electrons.